The fourth-order valence-corrected chi connectivity index (χ4v) is 6.21. The molecule has 0 saturated carbocycles. The Morgan fingerprint density at radius 3 is 2.26 bits per heavy atom. The van der Waals surface area contributed by atoms with Gasteiger partial charge >= 0.3 is 12.1 Å². The van der Waals surface area contributed by atoms with Gasteiger partial charge in [0.1, 0.15) is 35.0 Å². The molecule has 0 radical (unpaired) electrons. The Balaban J connectivity index is 1.04. The molecule has 0 saturated heterocycles. The highest BCUT2D eigenvalue weighted by Crippen LogP contribution is 2.25. The Morgan fingerprint density at radius 1 is 0.855 bits per heavy atom. The van der Waals surface area contributed by atoms with E-state index in [1.165, 1.54) is 14.0 Å². The van der Waals surface area contributed by atoms with Gasteiger partial charge in [0.05, 0.1) is 18.4 Å². The van der Waals surface area contributed by atoms with Gasteiger partial charge < -0.3 is 34.7 Å². The average molecular weight is 887 g/mol. The number of unbranched alkanes of at least 4 members (excludes halogenated alkanes) is 1. The lowest BCUT2D eigenvalue weighted by atomic mass is 10.0. The zero-order chi connectivity index (χ0) is 44.9. The molecule has 1 aromatic heterocycles. The summed E-state index contributed by atoms with van der Waals surface area (Å²) in [5.41, 5.74) is 2.84. The summed E-state index contributed by atoms with van der Waals surface area (Å²) in [5.74, 6) is -3.77. The maximum Gasteiger partial charge on any atom is 0.412 e. The molecule has 1 aliphatic heterocycles. The van der Waals surface area contributed by atoms with E-state index in [0.717, 1.165) is 17.5 Å². The van der Waals surface area contributed by atoms with E-state index in [1.807, 2.05) is 6.07 Å². The van der Waals surface area contributed by atoms with Crippen LogP contribution in [0.1, 0.15) is 57.6 Å². The first kappa shape index (κ1) is 46.2. The molecule has 0 fully saturated rings. The Morgan fingerprint density at radius 2 is 1.56 bits per heavy atom. The summed E-state index contributed by atoms with van der Waals surface area (Å²) in [6, 6.07) is 18.4. The van der Waals surface area contributed by atoms with Gasteiger partial charge in [0, 0.05) is 47.2 Å². The standard InChI is InChI=1S/C43H43ClN6O11S/c1-24(2)39(48-34(51)7-5-6-8-38(54)61-50-36(52)19-20-37(50)53)41(56)45-25(3)40(55)47-29-13-9-26(10-14-29)23-59-43(57)49-42(62)31-22-30(15-17-33(31)58-4)46-35-18-11-27-21-28(44)12-16-32(27)60-35/h9-22,24-25,39H,5-8,23H2,1-4H3,(H,45,56)(H,47,55)(H,48,51)(H,49,57,62)/b46-35-/t25-,39-/m1/s1. The quantitative estimate of drug-likeness (QED) is 0.0590. The number of ether oxygens (including phenoxy) is 2. The molecule has 0 spiro atoms. The molecule has 62 heavy (non-hydrogen) atoms. The first-order chi connectivity index (χ1) is 29.6. The van der Waals surface area contributed by atoms with Crippen LogP contribution in [0.15, 0.2) is 94.4 Å². The molecule has 0 aliphatic carbocycles. The lowest BCUT2D eigenvalue weighted by molar-refractivity contribution is -0.196. The van der Waals surface area contributed by atoms with Crippen molar-refractivity contribution in [2.45, 2.75) is 65.1 Å². The van der Waals surface area contributed by atoms with Crippen molar-refractivity contribution in [3.05, 3.63) is 107 Å². The highest BCUT2D eigenvalue weighted by Gasteiger charge is 2.29. The van der Waals surface area contributed by atoms with Crippen molar-refractivity contribution in [2.24, 2.45) is 10.9 Å². The van der Waals surface area contributed by atoms with Crippen LogP contribution in [0.5, 0.6) is 5.75 Å². The topological polar surface area (TPSA) is 224 Å². The third-order valence-electron chi connectivity index (χ3n) is 9.08. The number of thiocarbonyl (C=S) groups is 1. The van der Waals surface area contributed by atoms with Crippen molar-refractivity contribution in [2.75, 3.05) is 12.4 Å². The minimum atomic E-state index is -0.978. The molecule has 5 rings (SSSR count). The number of anilines is 1. The zero-order valence-corrected chi connectivity index (χ0v) is 35.6. The van der Waals surface area contributed by atoms with Gasteiger partial charge in [-0.3, -0.25) is 29.3 Å². The summed E-state index contributed by atoms with van der Waals surface area (Å²) in [6.45, 7) is 4.85. The second kappa shape index (κ2) is 21.6. The van der Waals surface area contributed by atoms with E-state index >= 15 is 0 Å². The second-order valence-corrected chi connectivity index (χ2v) is 15.0. The zero-order valence-electron chi connectivity index (χ0n) is 34.0. The molecule has 4 N–H and O–H groups in total. The number of halogens is 1. The SMILES string of the molecule is COc1ccc(/N=c2/ccc3cc(Cl)ccc3o2)cc1C(=S)NC(=O)OCc1ccc(NC(=O)[C@@H](C)NC(=O)[C@H](NC(=O)CCCCC(=O)ON2C(=O)C=CC2=O)C(C)C)cc1. The number of methoxy groups -OCH3 is 1. The number of fused-ring (bicyclic) bond motifs is 1. The van der Waals surface area contributed by atoms with Crippen LogP contribution in [0.2, 0.25) is 5.02 Å². The number of alkyl carbamates (subject to hydrolysis) is 1. The average Bonchev–Trinajstić information content (AvgIpc) is 3.55. The highest BCUT2D eigenvalue weighted by atomic mass is 35.5. The molecule has 17 nitrogen and oxygen atoms in total. The number of hydroxylamine groups is 2. The number of carbonyl (C=O) groups excluding carboxylic acids is 7. The van der Waals surface area contributed by atoms with Gasteiger partial charge in [-0.1, -0.05) is 54.9 Å². The number of nitrogens with one attached hydrogen (secondary N) is 4. The smallest absolute Gasteiger partial charge is 0.412 e. The summed E-state index contributed by atoms with van der Waals surface area (Å²) < 4.78 is 16.7. The summed E-state index contributed by atoms with van der Waals surface area (Å²) >= 11 is 11.6. The van der Waals surface area contributed by atoms with Gasteiger partial charge in [0.25, 0.3) is 11.8 Å². The van der Waals surface area contributed by atoms with Crippen LogP contribution in [-0.4, -0.2) is 70.8 Å². The summed E-state index contributed by atoms with van der Waals surface area (Å²) in [6.07, 6.45) is 1.51. The van der Waals surface area contributed by atoms with Crippen LogP contribution in [-0.2, 0) is 44.9 Å². The molecule has 1 aliphatic rings. The van der Waals surface area contributed by atoms with Crippen LogP contribution >= 0.6 is 23.8 Å². The van der Waals surface area contributed by atoms with Crippen LogP contribution in [0, 0.1) is 5.92 Å². The minimum absolute atomic E-state index is 0.00878. The summed E-state index contributed by atoms with van der Waals surface area (Å²) in [4.78, 5) is 95.8. The van der Waals surface area contributed by atoms with Gasteiger partial charge in [-0.2, -0.15) is 0 Å². The molecule has 324 valence electrons. The third kappa shape index (κ3) is 13.0. The number of nitrogens with zero attached hydrogens (tertiary/aromatic N) is 2. The van der Waals surface area contributed by atoms with E-state index in [0.29, 0.717) is 49.5 Å². The van der Waals surface area contributed by atoms with E-state index in [2.05, 4.69) is 26.3 Å². The molecular formula is C43H43ClN6O11S. The summed E-state index contributed by atoms with van der Waals surface area (Å²) in [5, 5.41) is 12.3. The first-order valence-corrected chi connectivity index (χ1v) is 20.1. The fraction of sp³-hybridized carbons (Fsp3) is 0.279. The second-order valence-electron chi connectivity index (χ2n) is 14.2. The van der Waals surface area contributed by atoms with Crippen molar-refractivity contribution in [1.82, 2.24) is 21.0 Å². The Hall–Kier alpha value is -6.92. The molecular weight excluding hydrogens is 844 g/mol. The van der Waals surface area contributed by atoms with Crippen molar-refractivity contribution in [1.29, 1.82) is 0 Å². The lowest BCUT2D eigenvalue weighted by Crippen LogP contribution is -2.53. The molecule has 2 atom stereocenters. The number of hydrogen-bond donors (Lipinski definition) is 4. The third-order valence-corrected chi connectivity index (χ3v) is 9.64. The maximum absolute atomic E-state index is 13.1. The lowest BCUT2D eigenvalue weighted by Gasteiger charge is -2.24. The number of hydrogen-bond acceptors (Lipinski definition) is 13. The molecule has 4 aromatic rings. The van der Waals surface area contributed by atoms with Crippen molar-refractivity contribution in [3.63, 3.8) is 0 Å². The van der Waals surface area contributed by atoms with Crippen LogP contribution in [0.4, 0.5) is 16.2 Å². The van der Waals surface area contributed by atoms with Crippen LogP contribution in [0.25, 0.3) is 11.0 Å². The summed E-state index contributed by atoms with van der Waals surface area (Å²) in [7, 11) is 1.47. The molecule has 19 heteroatoms. The van der Waals surface area contributed by atoms with E-state index in [1.54, 1.807) is 80.6 Å². The predicted molar refractivity (Wildman–Crippen MR) is 229 cm³/mol. The molecule has 0 unspecified atom stereocenters. The maximum atomic E-state index is 13.1. The van der Waals surface area contributed by atoms with Gasteiger partial charge in [-0.25, -0.2) is 14.6 Å². The monoisotopic (exact) mass is 886 g/mol. The minimum Gasteiger partial charge on any atom is -0.496 e. The largest absolute Gasteiger partial charge is 0.496 e. The molecule has 0 bridgehead atoms. The van der Waals surface area contributed by atoms with E-state index in [9.17, 15) is 33.6 Å². The Kier molecular flexibility index (Phi) is 16.0. The van der Waals surface area contributed by atoms with Gasteiger partial charge in [-0.05, 0) is 85.8 Å². The van der Waals surface area contributed by atoms with Crippen LogP contribution in [0.3, 0.4) is 0 Å². The number of amides is 6. The van der Waals surface area contributed by atoms with Gasteiger partial charge in [-0.15, -0.1) is 0 Å². The van der Waals surface area contributed by atoms with E-state index in [4.69, 9.17) is 42.5 Å². The Bertz CT molecular complexity index is 2470. The van der Waals surface area contributed by atoms with Crippen molar-refractivity contribution in [3.8, 4) is 5.75 Å². The van der Waals surface area contributed by atoms with Gasteiger partial charge in [0.2, 0.25) is 23.3 Å². The number of benzene rings is 3. The van der Waals surface area contributed by atoms with Crippen molar-refractivity contribution >= 4 is 92.7 Å². The molecule has 3 aromatic carbocycles. The number of imide groups is 1. The molecule has 2 heterocycles. The van der Waals surface area contributed by atoms with Gasteiger partial charge in [0.15, 0.2) is 0 Å². The highest BCUT2D eigenvalue weighted by molar-refractivity contribution is 7.80. The molecule has 6 amide bonds. The Labute approximate surface area is 365 Å². The first-order valence-electron chi connectivity index (χ1n) is 19.3. The van der Waals surface area contributed by atoms with Crippen molar-refractivity contribution < 1.29 is 52.3 Å². The van der Waals surface area contributed by atoms with E-state index in [-0.39, 0.29) is 43.2 Å². The normalized spacial score (nSPS) is 13.4. The fourth-order valence-electron chi connectivity index (χ4n) is 5.79. The van der Waals surface area contributed by atoms with Crippen LogP contribution < -0.4 is 31.6 Å². The number of carbonyl (C=O) groups is 7. The number of rotatable bonds is 17. The predicted octanol–water partition coefficient (Wildman–Crippen LogP) is 5.46. The van der Waals surface area contributed by atoms with E-state index < -0.39 is 53.7 Å².